The molecule has 0 aliphatic carbocycles. The van der Waals surface area contributed by atoms with Crippen molar-refractivity contribution in [1.82, 2.24) is 4.90 Å². The van der Waals surface area contributed by atoms with E-state index in [1.807, 2.05) is 0 Å². The summed E-state index contributed by atoms with van der Waals surface area (Å²) >= 11 is 0. The molecule has 1 fully saturated rings. The summed E-state index contributed by atoms with van der Waals surface area (Å²) in [6.07, 6.45) is 0.812. The molecule has 0 unspecified atom stereocenters. The predicted octanol–water partition coefficient (Wildman–Crippen LogP) is 1.51. The number of rotatable bonds is 7. The minimum atomic E-state index is -4.42. The third-order valence-electron chi connectivity index (χ3n) is 5.20. The molecule has 0 spiro atoms. The molecule has 1 saturated heterocycles. The van der Waals surface area contributed by atoms with E-state index in [2.05, 4.69) is 0 Å². The minimum absolute atomic E-state index is 0.209. The predicted molar refractivity (Wildman–Crippen MR) is 113 cm³/mol. The summed E-state index contributed by atoms with van der Waals surface area (Å²) in [5.41, 5.74) is 4.96. The lowest BCUT2D eigenvalue weighted by molar-refractivity contribution is -0.387. The summed E-state index contributed by atoms with van der Waals surface area (Å²) in [6, 6.07) is 12.9. The van der Waals surface area contributed by atoms with E-state index in [-0.39, 0.29) is 24.7 Å². The molecule has 1 heterocycles. The number of para-hydroxylation sites is 2. The van der Waals surface area contributed by atoms with Gasteiger partial charge in [0.25, 0.3) is 15.7 Å². The Morgan fingerprint density at radius 1 is 1.06 bits per heavy atom. The lowest BCUT2D eigenvalue weighted by Gasteiger charge is -2.32. The number of amides is 2. The van der Waals surface area contributed by atoms with Crippen LogP contribution in [-0.4, -0.2) is 49.7 Å². The lowest BCUT2D eigenvalue weighted by atomic mass is 9.96. The number of sulfonamides is 1. The summed E-state index contributed by atoms with van der Waals surface area (Å²) < 4.78 is 27.7. The Labute approximate surface area is 179 Å². The van der Waals surface area contributed by atoms with Crippen LogP contribution in [0.4, 0.5) is 11.4 Å². The average molecular weight is 446 g/mol. The summed E-state index contributed by atoms with van der Waals surface area (Å²) in [7, 11) is -4.42. The number of piperidine rings is 1. The van der Waals surface area contributed by atoms with Crippen LogP contribution in [0.1, 0.15) is 12.8 Å². The number of nitrogens with zero attached hydrogens (tertiary/aromatic N) is 3. The molecular weight excluding hydrogens is 424 g/mol. The maximum Gasteiger partial charge on any atom is 0.289 e. The van der Waals surface area contributed by atoms with Crippen LogP contribution in [0.15, 0.2) is 59.5 Å². The minimum Gasteiger partial charge on any atom is -0.369 e. The number of hydrogen-bond acceptors (Lipinski definition) is 6. The van der Waals surface area contributed by atoms with Gasteiger partial charge in [-0.25, -0.2) is 8.42 Å². The number of nitro benzene ring substituents is 1. The molecule has 0 bridgehead atoms. The normalized spacial score (nSPS) is 14.8. The van der Waals surface area contributed by atoms with Crippen LogP contribution in [0.5, 0.6) is 0 Å². The molecule has 3 rings (SSSR count). The Hall–Kier alpha value is -3.47. The molecule has 2 N–H and O–H groups in total. The molecule has 2 amide bonds. The van der Waals surface area contributed by atoms with Crippen molar-refractivity contribution in [2.24, 2.45) is 11.7 Å². The summed E-state index contributed by atoms with van der Waals surface area (Å²) in [4.78, 5) is 35.9. The molecule has 1 aliphatic heterocycles. The zero-order valence-electron chi connectivity index (χ0n) is 16.6. The van der Waals surface area contributed by atoms with Crippen molar-refractivity contribution in [3.8, 4) is 0 Å². The lowest BCUT2D eigenvalue weighted by Crippen LogP contribution is -2.47. The maximum absolute atomic E-state index is 13.4. The number of anilines is 1. The molecule has 164 valence electrons. The largest absolute Gasteiger partial charge is 0.369 e. The second kappa shape index (κ2) is 9.13. The van der Waals surface area contributed by atoms with E-state index in [9.17, 15) is 28.1 Å². The third kappa shape index (κ3) is 4.82. The van der Waals surface area contributed by atoms with Gasteiger partial charge in [0.1, 0.15) is 6.54 Å². The maximum atomic E-state index is 13.4. The Balaban J connectivity index is 1.93. The number of hydrogen-bond donors (Lipinski definition) is 1. The highest BCUT2D eigenvalue weighted by Gasteiger charge is 2.35. The van der Waals surface area contributed by atoms with Crippen LogP contribution in [0.2, 0.25) is 0 Å². The van der Waals surface area contributed by atoms with Crippen molar-refractivity contribution in [2.75, 3.05) is 23.9 Å². The monoisotopic (exact) mass is 446 g/mol. The fraction of sp³-hybridized carbons (Fsp3) is 0.300. The van der Waals surface area contributed by atoms with E-state index >= 15 is 0 Å². The Kier molecular flexibility index (Phi) is 6.54. The van der Waals surface area contributed by atoms with Crippen molar-refractivity contribution < 1.29 is 22.9 Å². The van der Waals surface area contributed by atoms with Crippen LogP contribution in [-0.2, 0) is 19.6 Å². The summed E-state index contributed by atoms with van der Waals surface area (Å²) in [5.74, 6) is -1.20. The zero-order chi connectivity index (χ0) is 22.6. The smallest absolute Gasteiger partial charge is 0.289 e. The Bertz CT molecular complexity index is 1080. The average Bonchev–Trinajstić information content (AvgIpc) is 2.77. The topological polar surface area (TPSA) is 144 Å². The molecular formula is C20H22N4O6S. The highest BCUT2D eigenvalue weighted by atomic mass is 32.2. The summed E-state index contributed by atoms with van der Waals surface area (Å²) in [6.45, 7) is 0.0286. The standard InChI is InChI=1S/C20H22N4O6S/c21-20(26)15-10-12-22(13-11-15)19(25)14-23(16-6-2-1-3-7-16)31(29,30)18-9-5-4-8-17(18)24(27)28/h1-9,15H,10-14H2,(H2,21,26). The molecule has 10 nitrogen and oxygen atoms in total. The van der Waals surface area contributed by atoms with E-state index in [0.717, 1.165) is 16.4 Å². The quantitative estimate of drug-likeness (QED) is 0.504. The SMILES string of the molecule is NC(=O)C1CCN(C(=O)CN(c2ccccc2)S(=O)(=O)c2ccccc2[N+](=O)[O-])CC1. The van der Waals surface area contributed by atoms with Gasteiger partial charge in [-0.15, -0.1) is 0 Å². The van der Waals surface area contributed by atoms with Crippen LogP contribution in [0.25, 0.3) is 0 Å². The number of primary amides is 1. The van der Waals surface area contributed by atoms with E-state index in [1.165, 1.54) is 29.2 Å². The number of likely N-dealkylation sites (tertiary alicyclic amines) is 1. The van der Waals surface area contributed by atoms with Gasteiger partial charge in [-0.3, -0.25) is 24.0 Å². The van der Waals surface area contributed by atoms with Crippen LogP contribution < -0.4 is 10.0 Å². The first-order valence-electron chi connectivity index (χ1n) is 9.60. The van der Waals surface area contributed by atoms with Crippen LogP contribution >= 0.6 is 0 Å². The molecule has 2 aromatic carbocycles. The fourth-order valence-electron chi connectivity index (χ4n) is 3.49. The van der Waals surface area contributed by atoms with E-state index in [0.29, 0.717) is 12.8 Å². The Morgan fingerprint density at radius 2 is 1.65 bits per heavy atom. The van der Waals surface area contributed by atoms with Crippen molar-refractivity contribution in [3.05, 3.63) is 64.7 Å². The van der Waals surface area contributed by atoms with Gasteiger partial charge in [0.15, 0.2) is 4.90 Å². The van der Waals surface area contributed by atoms with Gasteiger partial charge in [-0.1, -0.05) is 30.3 Å². The van der Waals surface area contributed by atoms with Gasteiger partial charge in [-0.05, 0) is 31.0 Å². The number of carbonyl (C=O) groups is 2. The second-order valence-corrected chi connectivity index (χ2v) is 8.96. The molecule has 31 heavy (non-hydrogen) atoms. The van der Waals surface area contributed by atoms with E-state index < -0.39 is 43.9 Å². The van der Waals surface area contributed by atoms with Gasteiger partial charge in [-0.2, -0.15) is 0 Å². The van der Waals surface area contributed by atoms with Gasteiger partial charge in [0.2, 0.25) is 11.8 Å². The highest BCUT2D eigenvalue weighted by Crippen LogP contribution is 2.30. The van der Waals surface area contributed by atoms with Gasteiger partial charge in [0, 0.05) is 25.1 Å². The molecule has 11 heteroatoms. The Morgan fingerprint density at radius 3 is 2.23 bits per heavy atom. The molecule has 0 radical (unpaired) electrons. The number of benzene rings is 2. The van der Waals surface area contributed by atoms with Crippen molar-refractivity contribution in [3.63, 3.8) is 0 Å². The van der Waals surface area contributed by atoms with E-state index in [4.69, 9.17) is 5.73 Å². The second-order valence-electron chi connectivity index (χ2n) is 7.13. The number of nitrogens with two attached hydrogens (primary N) is 1. The van der Waals surface area contributed by atoms with Gasteiger partial charge < -0.3 is 10.6 Å². The molecule has 0 atom stereocenters. The summed E-state index contributed by atoms with van der Waals surface area (Å²) in [5, 5.41) is 11.4. The fourth-order valence-corrected chi connectivity index (χ4v) is 5.06. The van der Waals surface area contributed by atoms with Gasteiger partial charge in [0.05, 0.1) is 10.6 Å². The van der Waals surface area contributed by atoms with E-state index in [1.54, 1.807) is 18.2 Å². The first kappa shape index (κ1) is 22.2. The van der Waals surface area contributed by atoms with Crippen molar-refractivity contribution in [2.45, 2.75) is 17.7 Å². The number of carbonyl (C=O) groups excluding carboxylic acids is 2. The molecule has 1 aliphatic rings. The van der Waals surface area contributed by atoms with Gasteiger partial charge >= 0.3 is 0 Å². The zero-order valence-corrected chi connectivity index (χ0v) is 17.4. The van der Waals surface area contributed by atoms with Crippen LogP contribution in [0.3, 0.4) is 0 Å². The molecule has 0 aromatic heterocycles. The molecule has 0 saturated carbocycles. The van der Waals surface area contributed by atoms with Crippen LogP contribution in [0, 0.1) is 16.0 Å². The van der Waals surface area contributed by atoms with Crippen molar-refractivity contribution in [1.29, 1.82) is 0 Å². The highest BCUT2D eigenvalue weighted by molar-refractivity contribution is 7.93. The first-order chi connectivity index (χ1) is 14.7. The number of nitro groups is 1. The first-order valence-corrected chi connectivity index (χ1v) is 11.0. The third-order valence-corrected chi connectivity index (χ3v) is 7.02. The molecule has 2 aromatic rings. The van der Waals surface area contributed by atoms with Crippen molar-refractivity contribution >= 4 is 33.2 Å².